The molecule has 0 amide bonds. The number of benzene rings is 1. The summed E-state index contributed by atoms with van der Waals surface area (Å²) in [6.45, 7) is 1.78. The molecule has 1 fully saturated rings. The molecule has 0 N–H and O–H groups in total. The minimum atomic E-state index is -3.64. The van der Waals surface area contributed by atoms with Gasteiger partial charge in [0.2, 0.25) is 10.0 Å². The number of fused-ring (bicyclic) bond motifs is 1. The van der Waals surface area contributed by atoms with Gasteiger partial charge in [0.1, 0.15) is 13.2 Å². The Hall–Kier alpha value is -2.10. The second-order valence-corrected chi connectivity index (χ2v) is 7.91. The number of rotatable bonds is 3. The summed E-state index contributed by atoms with van der Waals surface area (Å²) in [5.41, 5.74) is 0.865. The van der Waals surface area contributed by atoms with Crippen LogP contribution in [0.4, 0.5) is 0 Å². The lowest BCUT2D eigenvalue weighted by atomic mass is 10.2. The van der Waals surface area contributed by atoms with Gasteiger partial charge in [-0.25, -0.2) is 8.42 Å². The van der Waals surface area contributed by atoms with Crippen LogP contribution in [-0.4, -0.2) is 55.4 Å². The van der Waals surface area contributed by atoms with E-state index in [0.29, 0.717) is 37.9 Å². The van der Waals surface area contributed by atoms with Crippen molar-refractivity contribution in [3.05, 3.63) is 36.2 Å². The maximum absolute atomic E-state index is 13.0. The summed E-state index contributed by atoms with van der Waals surface area (Å²) in [5, 5.41) is 4.12. The van der Waals surface area contributed by atoms with Crippen LogP contribution >= 0.6 is 0 Å². The number of ether oxygens (including phenoxy) is 3. The zero-order valence-electron chi connectivity index (χ0n) is 13.8. The van der Waals surface area contributed by atoms with Crippen molar-refractivity contribution in [1.29, 1.82) is 0 Å². The molecule has 0 radical (unpaired) electrons. The quantitative estimate of drug-likeness (QED) is 0.806. The van der Waals surface area contributed by atoms with Gasteiger partial charge in [0.05, 0.1) is 23.8 Å². The van der Waals surface area contributed by atoms with E-state index in [1.807, 2.05) is 13.2 Å². The van der Waals surface area contributed by atoms with Gasteiger partial charge in [-0.15, -0.1) is 0 Å². The Kier molecular flexibility index (Phi) is 4.14. The molecule has 0 saturated carbocycles. The Morgan fingerprint density at radius 1 is 1.16 bits per heavy atom. The van der Waals surface area contributed by atoms with E-state index in [9.17, 15) is 8.42 Å². The Bertz CT molecular complexity index is 880. The molecule has 9 heteroatoms. The summed E-state index contributed by atoms with van der Waals surface area (Å²) >= 11 is 0. The first-order valence-corrected chi connectivity index (χ1v) is 9.48. The predicted octanol–water partition coefficient (Wildman–Crippen LogP) is 0.954. The van der Waals surface area contributed by atoms with Crippen LogP contribution in [0.5, 0.6) is 11.5 Å². The van der Waals surface area contributed by atoms with E-state index in [0.717, 1.165) is 5.56 Å². The largest absolute Gasteiger partial charge is 0.486 e. The van der Waals surface area contributed by atoms with Crippen LogP contribution in [0.3, 0.4) is 0 Å². The lowest BCUT2D eigenvalue weighted by Gasteiger charge is -2.32. The van der Waals surface area contributed by atoms with Gasteiger partial charge >= 0.3 is 0 Å². The first-order valence-electron chi connectivity index (χ1n) is 8.04. The highest BCUT2D eigenvalue weighted by Gasteiger charge is 2.32. The molecule has 0 unspecified atom stereocenters. The molecule has 0 aliphatic carbocycles. The molecule has 2 aliphatic rings. The summed E-state index contributed by atoms with van der Waals surface area (Å²) in [6, 6.07) is 4.72. The van der Waals surface area contributed by atoms with E-state index in [2.05, 4.69) is 5.10 Å². The van der Waals surface area contributed by atoms with Gasteiger partial charge in [-0.05, 0) is 12.1 Å². The summed E-state index contributed by atoms with van der Waals surface area (Å²) in [6.07, 6.45) is 3.21. The van der Waals surface area contributed by atoms with Gasteiger partial charge in [0, 0.05) is 38.0 Å². The van der Waals surface area contributed by atoms with E-state index in [1.54, 1.807) is 23.0 Å². The smallest absolute Gasteiger partial charge is 0.243 e. The van der Waals surface area contributed by atoms with Crippen molar-refractivity contribution >= 4 is 10.0 Å². The maximum Gasteiger partial charge on any atom is 0.243 e. The number of hydrogen-bond acceptors (Lipinski definition) is 6. The molecule has 1 saturated heterocycles. The van der Waals surface area contributed by atoms with E-state index < -0.39 is 10.0 Å². The van der Waals surface area contributed by atoms with Gasteiger partial charge in [-0.3, -0.25) is 4.68 Å². The van der Waals surface area contributed by atoms with E-state index >= 15 is 0 Å². The number of nitrogens with zero attached hydrogens (tertiary/aromatic N) is 3. The lowest BCUT2D eigenvalue weighted by Crippen LogP contribution is -2.42. The van der Waals surface area contributed by atoms with Crippen LogP contribution in [0.15, 0.2) is 35.5 Å². The normalized spacial score (nSPS) is 21.2. The van der Waals surface area contributed by atoms with Crippen molar-refractivity contribution in [2.45, 2.75) is 11.0 Å². The second-order valence-electron chi connectivity index (χ2n) is 5.98. The topological polar surface area (TPSA) is 82.9 Å². The zero-order chi connectivity index (χ0) is 17.4. The van der Waals surface area contributed by atoms with Crippen molar-refractivity contribution in [1.82, 2.24) is 14.1 Å². The second kappa shape index (κ2) is 6.32. The van der Waals surface area contributed by atoms with Crippen molar-refractivity contribution in [3.63, 3.8) is 0 Å². The first-order chi connectivity index (χ1) is 12.0. The minimum absolute atomic E-state index is 0.198. The number of sulfonamides is 1. The molecule has 134 valence electrons. The first kappa shape index (κ1) is 16.4. The maximum atomic E-state index is 13.0. The summed E-state index contributed by atoms with van der Waals surface area (Å²) in [5.74, 6) is 1.03. The fraction of sp³-hybridized carbons (Fsp3) is 0.438. The summed E-state index contributed by atoms with van der Waals surface area (Å²) < 4.78 is 45.8. The molecule has 0 bridgehead atoms. The summed E-state index contributed by atoms with van der Waals surface area (Å²) in [7, 11) is -1.82. The average molecular weight is 365 g/mol. The third kappa shape index (κ3) is 3.10. The molecular weight excluding hydrogens is 346 g/mol. The molecular formula is C16H19N3O5S. The van der Waals surface area contributed by atoms with Gasteiger partial charge in [0.15, 0.2) is 11.5 Å². The fourth-order valence-electron chi connectivity index (χ4n) is 2.99. The molecule has 1 aromatic carbocycles. The third-order valence-electron chi connectivity index (χ3n) is 4.28. The highest BCUT2D eigenvalue weighted by Crippen LogP contribution is 2.34. The van der Waals surface area contributed by atoms with Crippen LogP contribution in [0.1, 0.15) is 11.7 Å². The zero-order valence-corrected chi connectivity index (χ0v) is 14.6. The Labute approximate surface area is 145 Å². The lowest BCUT2D eigenvalue weighted by molar-refractivity contribution is -0.00259. The fourth-order valence-corrected chi connectivity index (χ4v) is 4.43. The molecule has 3 heterocycles. The predicted molar refractivity (Wildman–Crippen MR) is 88.1 cm³/mol. The van der Waals surface area contributed by atoms with Crippen LogP contribution in [0, 0.1) is 0 Å². The van der Waals surface area contributed by atoms with Gasteiger partial charge in [-0.1, -0.05) is 0 Å². The molecule has 2 aromatic rings. The number of morpholine rings is 1. The molecule has 8 nitrogen and oxygen atoms in total. The molecule has 25 heavy (non-hydrogen) atoms. The van der Waals surface area contributed by atoms with Crippen molar-refractivity contribution < 1.29 is 22.6 Å². The molecule has 0 spiro atoms. The van der Waals surface area contributed by atoms with Crippen LogP contribution in [0.25, 0.3) is 0 Å². The highest BCUT2D eigenvalue weighted by molar-refractivity contribution is 7.89. The average Bonchev–Trinajstić information content (AvgIpc) is 3.08. The summed E-state index contributed by atoms with van der Waals surface area (Å²) in [4.78, 5) is 0.198. The number of aryl methyl sites for hydroxylation is 1. The SMILES string of the molecule is Cn1cc([C@@H]2CN(S(=O)(=O)c3ccc4c(c3)OCCO4)CCO2)cn1. The van der Waals surface area contributed by atoms with E-state index in [-0.39, 0.29) is 17.5 Å². The van der Waals surface area contributed by atoms with E-state index in [1.165, 1.54) is 10.4 Å². The van der Waals surface area contributed by atoms with Crippen LogP contribution < -0.4 is 9.47 Å². The minimum Gasteiger partial charge on any atom is -0.486 e. The number of hydrogen-bond donors (Lipinski definition) is 0. The van der Waals surface area contributed by atoms with Gasteiger partial charge < -0.3 is 14.2 Å². The molecule has 4 rings (SSSR count). The van der Waals surface area contributed by atoms with E-state index in [4.69, 9.17) is 14.2 Å². The highest BCUT2D eigenvalue weighted by atomic mass is 32.2. The molecule has 1 atom stereocenters. The third-order valence-corrected chi connectivity index (χ3v) is 6.14. The molecule has 1 aromatic heterocycles. The standard InChI is InChI=1S/C16H19N3O5S/c1-18-10-12(9-17-18)16-11-19(4-5-22-16)25(20,21)13-2-3-14-15(8-13)24-7-6-23-14/h2-3,8-10,16H,4-7,11H2,1H3/t16-/m0/s1. The molecule has 2 aliphatic heterocycles. The van der Waals surface area contributed by atoms with Gasteiger partial charge in [0.25, 0.3) is 0 Å². The van der Waals surface area contributed by atoms with Crippen molar-refractivity contribution in [2.24, 2.45) is 7.05 Å². The Morgan fingerprint density at radius 3 is 2.72 bits per heavy atom. The number of aromatic nitrogens is 2. The van der Waals surface area contributed by atoms with Crippen LogP contribution in [-0.2, 0) is 21.8 Å². The Balaban J connectivity index is 1.59. The monoisotopic (exact) mass is 365 g/mol. The van der Waals surface area contributed by atoms with Crippen LogP contribution in [0.2, 0.25) is 0 Å². The van der Waals surface area contributed by atoms with Crippen molar-refractivity contribution in [3.8, 4) is 11.5 Å². The van der Waals surface area contributed by atoms with Gasteiger partial charge in [-0.2, -0.15) is 9.40 Å². The Morgan fingerprint density at radius 2 is 1.96 bits per heavy atom. The van der Waals surface area contributed by atoms with Crippen molar-refractivity contribution in [2.75, 3.05) is 32.9 Å².